The molecule has 90 valence electrons. The second-order valence-electron chi connectivity index (χ2n) is 5.85. The zero-order valence-corrected chi connectivity index (χ0v) is 10.9. The van der Waals surface area contributed by atoms with Crippen molar-refractivity contribution in [3.8, 4) is 0 Å². The summed E-state index contributed by atoms with van der Waals surface area (Å²) in [6, 6.07) is 0. The van der Waals surface area contributed by atoms with E-state index in [0.717, 1.165) is 12.8 Å². The van der Waals surface area contributed by atoms with Crippen LogP contribution >= 0.6 is 0 Å². The molecule has 2 aliphatic rings. The normalized spacial score (nSPS) is 39.1. The minimum Gasteiger partial charge on any atom is -0.393 e. The summed E-state index contributed by atoms with van der Waals surface area (Å²) in [4.78, 5) is 0. The molecule has 0 amide bonds. The molecule has 4 atom stereocenters. The van der Waals surface area contributed by atoms with Crippen LogP contribution in [0, 0.1) is 23.7 Å². The van der Waals surface area contributed by atoms with Crippen molar-refractivity contribution in [2.24, 2.45) is 23.7 Å². The highest BCUT2D eigenvalue weighted by atomic mass is 16.3. The van der Waals surface area contributed by atoms with Gasteiger partial charge < -0.3 is 5.11 Å². The third-order valence-electron chi connectivity index (χ3n) is 4.58. The average Bonchev–Trinajstić information content (AvgIpc) is 2.53. The third kappa shape index (κ3) is 1.86. The molecule has 0 heterocycles. The molecule has 1 fully saturated rings. The monoisotopic (exact) mass is 220 g/mol. The Morgan fingerprint density at radius 2 is 1.94 bits per heavy atom. The predicted molar refractivity (Wildman–Crippen MR) is 68.1 cm³/mol. The van der Waals surface area contributed by atoms with Gasteiger partial charge >= 0.3 is 0 Å². The molecule has 2 rings (SSSR count). The van der Waals surface area contributed by atoms with Gasteiger partial charge in [0.05, 0.1) is 6.10 Å². The number of allylic oxidation sites excluding steroid dienone is 4. The Morgan fingerprint density at radius 3 is 2.56 bits per heavy atom. The fourth-order valence-electron chi connectivity index (χ4n) is 3.66. The molecule has 1 saturated carbocycles. The molecule has 0 aromatic rings. The van der Waals surface area contributed by atoms with Crippen LogP contribution < -0.4 is 0 Å². The van der Waals surface area contributed by atoms with Crippen molar-refractivity contribution >= 4 is 0 Å². The van der Waals surface area contributed by atoms with Gasteiger partial charge in [0, 0.05) is 0 Å². The molecule has 0 saturated heterocycles. The van der Waals surface area contributed by atoms with E-state index in [0.29, 0.717) is 23.7 Å². The highest BCUT2D eigenvalue weighted by Crippen LogP contribution is 2.46. The summed E-state index contributed by atoms with van der Waals surface area (Å²) in [5, 5.41) is 10.2. The molecule has 0 spiro atoms. The maximum Gasteiger partial charge on any atom is 0.0580 e. The van der Waals surface area contributed by atoms with Crippen LogP contribution in [0.5, 0.6) is 0 Å². The summed E-state index contributed by atoms with van der Waals surface area (Å²) in [6.45, 7) is 9.03. The minimum absolute atomic E-state index is 0.0939. The predicted octanol–water partition coefficient (Wildman–Crippen LogP) is 3.55. The zero-order chi connectivity index (χ0) is 11.9. The van der Waals surface area contributed by atoms with Crippen molar-refractivity contribution in [1.82, 2.24) is 0 Å². The number of hydrogen-bond donors (Lipinski definition) is 1. The van der Waals surface area contributed by atoms with E-state index >= 15 is 0 Å². The van der Waals surface area contributed by atoms with Gasteiger partial charge in [-0.05, 0) is 43.4 Å². The first-order chi connectivity index (χ1) is 7.52. The summed E-state index contributed by atoms with van der Waals surface area (Å²) in [5.41, 5.74) is 2.97. The molecular formula is C15H24O. The number of rotatable bonds is 1. The van der Waals surface area contributed by atoms with Crippen molar-refractivity contribution in [2.75, 3.05) is 0 Å². The van der Waals surface area contributed by atoms with E-state index in [9.17, 15) is 5.11 Å². The van der Waals surface area contributed by atoms with Crippen LogP contribution in [0.1, 0.15) is 40.5 Å². The maximum absolute atomic E-state index is 10.2. The van der Waals surface area contributed by atoms with Crippen LogP contribution in [0.2, 0.25) is 0 Å². The molecule has 0 aromatic carbocycles. The summed E-state index contributed by atoms with van der Waals surface area (Å²) in [7, 11) is 0. The number of aliphatic hydroxyl groups is 1. The smallest absolute Gasteiger partial charge is 0.0580 e. The van der Waals surface area contributed by atoms with Crippen molar-refractivity contribution in [1.29, 1.82) is 0 Å². The van der Waals surface area contributed by atoms with Gasteiger partial charge in [0.15, 0.2) is 0 Å². The number of aliphatic hydroxyl groups excluding tert-OH is 1. The van der Waals surface area contributed by atoms with E-state index in [1.54, 1.807) is 0 Å². The number of fused-ring (bicyclic) bond motifs is 1. The second kappa shape index (κ2) is 4.37. The fourth-order valence-corrected chi connectivity index (χ4v) is 3.66. The van der Waals surface area contributed by atoms with Crippen LogP contribution in [-0.2, 0) is 0 Å². The Bertz CT molecular complexity index is 324. The van der Waals surface area contributed by atoms with Crippen LogP contribution in [0.4, 0.5) is 0 Å². The Labute approximate surface area is 99.3 Å². The molecule has 1 N–H and O–H groups in total. The molecule has 1 nitrogen and oxygen atoms in total. The van der Waals surface area contributed by atoms with Crippen molar-refractivity contribution in [2.45, 2.75) is 46.6 Å². The van der Waals surface area contributed by atoms with Gasteiger partial charge in [-0.3, -0.25) is 0 Å². The lowest BCUT2D eigenvalue weighted by Crippen LogP contribution is -2.28. The van der Waals surface area contributed by atoms with Gasteiger partial charge in [0.1, 0.15) is 0 Å². The third-order valence-corrected chi connectivity index (χ3v) is 4.58. The molecule has 1 heteroatoms. The molecular weight excluding hydrogens is 196 g/mol. The highest BCUT2D eigenvalue weighted by Gasteiger charge is 2.41. The number of hydrogen-bond acceptors (Lipinski definition) is 1. The van der Waals surface area contributed by atoms with Crippen LogP contribution in [0.15, 0.2) is 23.3 Å². The standard InChI is InChI=1S/C15H24O/c1-9(2)12-6-5-10(3)13-7-8-14(16)15(13)11(12)4/h5-6,9,11,13-16H,7-8H2,1-4H3. The Kier molecular flexibility index (Phi) is 3.25. The first kappa shape index (κ1) is 11.9. The Hall–Kier alpha value is -0.560. The molecule has 0 aliphatic heterocycles. The SMILES string of the molecule is CC1=CC=C(C(C)C)C(C)C2C(O)CCC12. The van der Waals surface area contributed by atoms with Crippen molar-refractivity contribution < 1.29 is 5.11 Å². The molecule has 2 aliphatic carbocycles. The maximum atomic E-state index is 10.2. The van der Waals surface area contributed by atoms with E-state index < -0.39 is 0 Å². The van der Waals surface area contributed by atoms with Gasteiger partial charge in [0.2, 0.25) is 0 Å². The first-order valence-electron chi connectivity index (χ1n) is 6.58. The zero-order valence-electron chi connectivity index (χ0n) is 10.9. The van der Waals surface area contributed by atoms with Crippen molar-refractivity contribution in [3.63, 3.8) is 0 Å². The summed E-state index contributed by atoms with van der Waals surface area (Å²) in [6.07, 6.45) is 6.64. The quantitative estimate of drug-likeness (QED) is 0.716. The van der Waals surface area contributed by atoms with E-state index in [2.05, 4.69) is 39.8 Å². The Morgan fingerprint density at radius 1 is 1.25 bits per heavy atom. The summed E-state index contributed by atoms with van der Waals surface area (Å²) in [5.74, 6) is 2.17. The van der Waals surface area contributed by atoms with Gasteiger partial charge in [-0.15, -0.1) is 0 Å². The topological polar surface area (TPSA) is 20.2 Å². The highest BCUT2D eigenvalue weighted by molar-refractivity contribution is 5.27. The fraction of sp³-hybridized carbons (Fsp3) is 0.733. The van der Waals surface area contributed by atoms with Gasteiger partial charge in [-0.1, -0.05) is 44.1 Å². The molecule has 16 heavy (non-hydrogen) atoms. The molecule has 0 aromatic heterocycles. The van der Waals surface area contributed by atoms with E-state index in [1.165, 1.54) is 11.1 Å². The molecule has 0 bridgehead atoms. The summed E-state index contributed by atoms with van der Waals surface area (Å²) >= 11 is 0. The minimum atomic E-state index is -0.0939. The lowest BCUT2D eigenvalue weighted by Gasteiger charge is -2.30. The van der Waals surface area contributed by atoms with Gasteiger partial charge in [-0.25, -0.2) is 0 Å². The van der Waals surface area contributed by atoms with Crippen LogP contribution in [0.3, 0.4) is 0 Å². The molecule has 4 unspecified atom stereocenters. The van der Waals surface area contributed by atoms with Crippen LogP contribution in [0.25, 0.3) is 0 Å². The first-order valence-corrected chi connectivity index (χ1v) is 6.58. The van der Waals surface area contributed by atoms with Gasteiger partial charge in [-0.2, -0.15) is 0 Å². The molecule has 0 radical (unpaired) electrons. The van der Waals surface area contributed by atoms with E-state index in [-0.39, 0.29) is 6.10 Å². The summed E-state index contributed by atoms with van der Waals surface area (Å²) < 4.78 is 0. The van der Waals surface area contributed by atoms with Crippen molar-refractivity contribution in [3.05, 3.63) is 23.3 Å². The lowest BCUT2D eigenvalue weighted by molar-refractivity contribution is 0.0976. The average molecular weight is 220 g/mol. The second-order valence-corrected chi connectivity index (χ2v) is 5.85. The van der Waals surface area contributed by atoms with E-state index in [1.807, 2.05) is 0 Å². The lowest BCUT2D eigenvalue weighted by atomic mass is 9.76. The van der Waals surface area contributed by atoms with Gasteiger partial charge in [0.25, 0.3) is 0 Å². The Balaban J connectivity index is 2.35. The van der Waals surface area contributed by atoms with Crippen LogP contribution in [-0.4, -0.2) is 11.2 Å². The van der Waals surface area contributed by atoms with E-state index in [4.69, 9.17) is 0 Å². The largest absolute Gasteiger partial charge is 0.393 e.